The highest BCUT2D eigenvalue weighted by Crippen LogP contribution is 2.31. The number of nitrogens with zero attached hydrogens (tertiary/aromatic N) is 2. The van der Waals surface area contributed by atoms with E-state index in [1.54, 1.807) is 23.6 Å². The fourth-order valence-electron chi connectivity index (χ4n) is 2.77. The molecule has 0 amide bonds. The van der Waals surface area contributed by atoms with Crippen LogP contribution in [0.25, 0.3) is 33.0 Å². The molecule has 260 valence electrons. The van der Waals surface area contributed by atoms with Crippen molar-refractivity contribution in [2.24, 2.45) is 0 Å². The van der Waals surface area contributed by atoms with Gasteiger partial charge in [0.15, 0.2) is 0 Å². The smallest absolute Gasteiger partial charge is 0.270 e. The van der Waals surface area contributed by atoms with E-state index in [0.29, 0.717) is 5.15 Å². The molecule has 2 aromatic carbocycles. The van der Waals surface area contributed by atoms with Crippen molar-refractivity contribution in [1.29, 1.82) is 0 Å². The Morgan fingerprint density at radius 1 is 0.583 bits per heavy atom. The number of hydrogen-bond acceptors (Lipinski definition) is 26. The predicted molar refractivity (Wildman–Crippen MR) is 133 cm³/mol. The van der Waals surface area contributed by atoms with Crippen molar-refractivity contribution in [3.05, 3.63) is 83.5 Å². The first-order valence-corrected chi connectivity index (χ1v) is 12.8. The van der Waals surface area contributed by atoms with Gasteiger partial charge in [-0.1, -0.05) is 60.1 Å². The summed E-state index contributed by atoms with van der Waals surface area (Å²) in [5, 5.41) is 79.2. The van der Waals surface area contributed by atoms with Gasteiger partial charge in [0.25, 0.3) is 0 Å². The average Bonchev–Trinajstić information content (AvgIpc) is 3.62. The Morgan fingerprint density at radius 2 is 1.10 bits per heavy atom. The Balaban J connectivity index is 0.000000260. The van der Waals surface area contributed by atoms with Crippen molar-refractivity contribution in [3.8, 4) is 33.0 Å². The second-order valence-corrected chi connectivity index (χ2v) is 8.16. The lowest BCUT2D eigenvalue weighted by molar-refractivity contribution is -0.896. The van der Waals surface area contributed by atoms with E-state index in [4.69, 9.17) is 21.8 Å². The first kappa shape index (κ1) is 38.6. The Labute approximate surface area is 271 Å². The quantitative estimate of drug-likeness (QED) is 0.0343. The molecule has 4 aromatic rings. The van der Waals surface area contributed by atoms with Gasteiger partial charge in [-0.25, -0.2) is 15.2 Å². The van der Waals surface area contributed by atoms with Gasteiger partial charge in [-0.05, 0) is 69.6 Å². The first-order chi connectivity index (χ1) is 23.7. The van der Waals surface area contributed by atoms with Crippen LogP contribution < -0.4 is 0 Å². The summed E-state index contributed by atoms with van der Waals surface area (Å²) in [5.41, 5.74) is 5.46. The molecule has 0 fully saturated rings. The number of carbonyl (C=O) groups excluding carboxylic acids is 1. The van der Waals surface area contributed by atoms with Gasteiger partial charge in [-0.2, -0.15) is 0 Å². The van der Waals surface area contributed by atoms with Crippen LogP contribution in [-0.4, -0.2) is 21.7 Å². The van der Waals surface area contributed by atoms with Crippen molar-refractivity contribution in [2.45, 2.75) is 0 Å². The molecule has 1 N–H and O–H groups in total. The highest BCUT2D eigenvalue weighted by Gasteiger charge is 2.08. The zero-order valence-electron chi connectivity index (χ0n) is 22.7. The Bertz CT molecular complexity index is 1390. The van der Waals surface area contributed by atoms with Crippen LogP contribution in [0.3, 0.4) is 0 Å². The normalized spacial score (nSPS) is 10.8. The number of hydrogen-bond donors (Lipinski definition) is 1. The Morgan fingerprint density at radius 3 is 1.62 bits per heavy atom. The molecular formula is C21H15ClN2O23S. The topological polar surface area (TPSA) is 257 Å². The number of benzene rings is 2. The summed E-state index contributed by atoms with van der Waals surface area (Å²) in [7, 11) is 0. The van der Waals surface area contributed by atoms with Crippen LogP contribution in [0.5, 0.6) is 0 Å². The fraction of sp³-hybridized carbons (Fsp3) is 0. The SMILES string of the molecule is Clc1ccc(-c2nc(-c3cccc(-c4ccccc4)c3)cs2)cn1.O=COOOOOOOOOOOOOOOOOOOOOO. The molecule has 0 aliphatic rings. The third kappa shape index (κ3) is 16.3. The van der Waals surface area contributed by atoms with Crippen molar-refractivity contribution in [1.82, 2.24) is 9.97 Å². The lowest BCUT2D eigenvalue weighted by Crippen LogP contribution is -2.05. The van der Waals surface area contributed by atoms with Crippen LogP contribution in [0.2, 0.25) is 5.15 Å². The summed E-state index contributed by atoms with van der Waals surface area (Å²) < 4.78 is 0. The van der Waals surface area contributed by atoms with Gasteiger partial charge >= 0.3 is 6.47 Å². The maximum atomic E-state index is 9.49. The van der Waals surface area contributed by atoms with Gasteiger partial charge in [-0.15, -0.1) is 11.3 Å². The summed E-state index contributed by atoms with van der Waals surface area (Å²) in [6.45, 7) is -0.158. The summed E-state index contributed by atoms with van der Waals surface area (Å²) in [6.07, 6.45) is 1.76. The van der Waals surface area contributed by atoms with Crippen molar-refractivity contribution in [2.75, 3.05) is 0 Å². The Kier molecular flexibility index (Phi) is 20.3. The van der Waals surface area contributed by atoms with E-state index in [2.05, 4.69) is 165 Å². The molecule has 0 saturated heterocycles. The van der Waals surface area contributed by atoms with Crippen LogP contribution in [0, 0.1) is 0 Å². The number of aromatic nitrogens is 2. The summed E-state index contributed by atoms with van der Waals surface area (Å²) in [5.74, 6) is 0. The lowest BCUT2D eigenvalue weighted by Gasteiger charge is -2.03. The van der Waals surface area contributed by atoms with Gasteiger partial charge in [0.1, 0.15) is 10.2 Å². The highest BCUT2D eigenvalue weighted by molar-refractivity contribution is 7.13. The third-order valence-electron chi connectivity index (χ3n) is 4.35. The second kappa shape index (κ2) is 25.2. The molecule has 2 aromatic heterocycles. The number of thiazole rings is 1. The average molecular weight is 731 g/mol. The van der Waals surface area contributed by atoms with E-state index in [0.717, 1.165) is 21.8 Å². The zero-order valence-corrected chi connectivity index (χ0v) is 24.3. The number of carbonyl (C=O) groups is 1. The number of pyridine rings is 1. The predicted octanol–water partition coefficient (Wildman–Crippen LogP) is 4.46. The maximum absolute atomic E-state index is 9.49. The minimum atomic E-state index is -0.158. The molecule has 4 rings (SSSR count). The number of rotatable bonds is 24. The minimum absolute atomic E-state index is 0.158. The molecule has 0 saturated carbocycles. The molecule has 0 radical (unpaired) electrons. The maximum Gasteiger partial charge on any atom is 0.334 e. The van der Waals surface area contributed by atoms with Crippen LogP contribution in [0.1, 0.15) is 0 Å². The molecule has 0 aliphatic heterocycles. The molecule has 0 spiro atoms. The van der Waals surface area contributed by atoms with E-state index in [-0.39, 0.29) is 6.47 Å². The van der Waals surface area contributed by atoms with Gasteiger partial charge < -0.3 is 0 Å². The van der Waals surface area contributed by atoms with Crippen LogP contribution in [0.15, 0.2) is 78.3 Å². The summed E-state index contributed by atoms with van der Waals surface area (Å²) in [4.78, 5) is 21.8. The van der Waals surface area contributed by atoms with Gasteiger partial charge in [0.05, 0.1) is 5.69 Å². The lowest BCUT2D eigenvalue weighted by atomic mass is 10.0. The third-order valence-corrected chi connectivity index (χ3v) is 5.47. The molecular weight excluding hydrogens is 716 g/mol. The van der Waals surface area contributed by atoms with E-state index in [9.17, 15) is 4.79 Å². The van der Waals surface area contributed by atoms with E-state index >= 15 is 0 Å². The molecule has 0 bridgehead atoms. The van der Waals surface area contributed by atoms with Crippen LogP contribution >= 0.6 is 22.9 Å². The van der Waals surface area contributed by atoms with Gasteiger partial charge in [0, 0.05) is 83.2 Å². The van der Waals surface area contributed by atoms with Crippen molar-refractivity contribution >= 4 is 29.4 Å². The summed E-state index contributed by atoms with van der Waals surface area (Å²) >= 11 is 7.46. The Hall–Kier alpha value is -3.86. The molecule has 0 unspecified atom stereocenters. The van der Waals surface area contributed by atoms with Crippen molar-refractivity contribution in [3.63, 3.8) is 0 Å². The van der Waals surface area contributed by atoms with E-state index in [1.807, 2.05) is 12.1 Å². The van der Waals surface area contributed by atoms with Crippen molar-refractivity contribution < 1.29 is 116 Å². The molecule has 25 nitrogen and oxygen atoms in total. The zero-order chi connectivity index (χ0) is 33.9. The largest absolute Gasteiger partial charge is 0.334 e. The standard InChI is InChI=1S/C20H13ClN2S.CH2O23/c21-19-10-9-17(12-22-19)20-23-18(13-24-20)16-8-4-7-15(11-16)14-5-2-1-3-6-14;2-1-4-6-8-10-12-14-16-18-20-22-24-23-21-19-17-15-13-11-9-7-5-3/h1-13H;1,3H. The minimum Gasteiger partial charge on any atom is -0.270 e. The van der Waals surface area contributed by atoms with Crippen LogP contribution in [-0.2, 0) is 110 Å². The highest BCUT2D eigenvalue weighted by atomic mass is 35.5. The van der Waals surface area contributed by atoms with Crippen LogP contribution in [0.4, 0.5) is 0 Å². The fourth-order valence-corrected chi connectivity index (χ4v) is 3.70. The second-order valence-electron chi connectivity index (χ2n) is 6.91. The number of halogens is 1. The van der Waals surface area contributed by atoms with Gasteiger partial charge in [-0.3, -0.25) is 9.68 Å². The molecule has 2 heterocycles. The van der Waals surface area contributed by atoms with E-state index < -0.39 is 0 Å². The first-order valence-electron chi connectivity index (χ1n) is 11.5. The summed E-state index contributed by atoms with van der Waals surface area (Å²) in [6, 6.07) is 22.5. The monoisotopic (exact) mass is 730 g/mol. The molecule has 27 heteroatoms. The van der Waals surface area contributed by atoms with Gasteiger partial charge in [0.2, 0.25) is 0 Å². The molecule has 0 atom stereocenters. The molecule has 48 heavy (non-hydrogen) atoms. The molecule has 0 aliphatic carbocycles. The van der Waals surface area contributed by atoms with E-state index in [1.165, 1.54) is 11.1 Å².